The molecule has 156 valence electrons. The predicted octanol–water partition coefficient (Wildman–Crippen LogP) is 3.44. The number of hydrogen-bond donors (Lipinski definition) is 1. The van der Waals surface area contributed by atoms with E-state index in [1.807, 2.05) is 0 Å². The Morgan fingerprint density at radius 1 is 1.21 bits per heavy atom. The van der Waals surface area contributed by atoms with Gasteiger partial charge in [0.2, 0.25) is 5.91 Å². The fourth-order valence-corrected chi connectivity index (χ4v) is 4.50. The lowest BCUT2D eigenvalue weighted by Gasteiger charge is -2.29. The summed E-state index contributed by atoms with van der Waals surface area (Å²) in [6, 6.07) is 5.34. The molecule has 3 rings (SSSR count). The van der Waals surface area contributed by atoms with Gasteiger partial charge in [-0.15, -0.1) is 0 Å². The predicted molar refractivity (Wildman–Crippen MR) is 112 cm³/mol. The Hall–Kier alpha value is -2.48. The number of rotatable bonds is 6. The molecule has 1 N–H and O–H groups in total. The molecule has 0 spiro atoms. The zero-order valence-electron chi connectivity index (χ0n) is 16.9. The third kappa shape index (κ3) is 4.93. The summed E-state index contributed by atoms with van der Waals surface area (Å²) in [4.78, 5) is 38.7. The first-order valence-electron chi connectivity index (χ1n) is 9.69. The molecule has 0 unspecified atom stereocenters. The van der Waals surface area contributed by atoms with Crippen LogP contribution in [0.3, 0.4) is 0 Å². The van der Waals surface area contributed by atoms with Gasteiger partial charge in [-0.2, -0.15) is 0 Å². The number of methoxy groups -OCH3 is 2. The van der Waals surface area contributed by atoms with E-state index in [1.165, 1.54) is 13.5 Å². The third-order valence-electron chi connectivity index (χ3n) is 5.34. The molecule has 29 heavy (non-hydrogen) atoms. The fraction of sp³-hybridized carbons (Fsp3) is 0.476. The molecule has 0 aromatic heterocycles. The maximum absolute atomic E-state index is 12.7. The minimum Gasteiger partial charge on any atom is -0.493 e. The van der Waals surface area contributed by atoms with E-state index < -0.39 is 11.1 Å². The van der Waals surface area contributed by atoms with Crippen LogP contribution in [0.1, 0.15) is 38.2 Å². The van der Waals surface area contributed by atoms with E-state index in [1.54, 1.807) is 31.4 Å². The Labute approximate surface area is 174 Å². The highest BCUT2D eigenvalue weighted by Crippen LogP contribution is 2.34. The quantitative estimate of drug-likeness (QED) is 0.713. The Bertz CT molecular complexity index is 838. The van der Waals surface area contributed by atoms with E-state index >= 15 is 0 Å². The molecule has 1 heterocycles. The van der Waals surface area contributed by atoms with Crippen molar-refractivity contribution in [2.45, 2.75) is 38.6 Å². The summed E-state index contributed by atoms with van der Waals surface area (Å²) in [6.45, 7) is 1.87. The smallest absolute Gasteiger partial charge is 0.294 e. The van der Waals surface area contributed by atoms with E-state index in [0.29, 0.717) is 23.0 Å². The number of carbonyl (C=O) groups excluding carboxylic acids is 3. The van der Waals surface area contributed by atoms with Gasteiger partial charge in [0.15, 0.2) is 11.5 Å². The van der Waals surface area contributed by atoms with Crippen LogP contribution in [-0.4, -0.2) is 48.8 Å². The molecule has 1 saturated carbocycles. The summed E-state index contributed by atoms with van der Waals surface area (Å²) in [7, 11) is 3.07. The lowest BCUT2D eigenvalue weighted by atomic mass is 9.86. The molecule has 2 aliphatic rings. The SMILES string of the molecule is COc1ccc(/C=C2\SC(=O)N(CC(=O)N[C@H]3CCCC[C@@H]3C)C2=O)cc1OC. The van der Waals surface area contributed by atoms with Gasteiger partial charge in [0.05, 0.1) is 19.1 Å². The molecule has 3 amide bonds. The van der Waals surface area contributed by atoms with E-state index in [-0.39, 0.29) is 23.4 Å². The zero-order valence-corrected chi connectivity index (χ0v) is 17.7. The number of hydrogen-bond acceptors (Lipinski definition) is 6. The molecule has 0 bridgehead atoms. The highest BCUT2D eigenvalue weighted by atomic mass is 32.2. The van der Waals surface area contributed by atoms with Crippen LogP contribution < -0.4 is 14.8 Å². The number of carbonyl (C=O) groups is 3. The van der Waals surface area contributed by atoms with Crippen LogP contribution in [0.2, 0.25) is 0 Å². The molecule has 0 radical (unpaired) electrons. The number of imide groups is 1. The molecule has 7 nitrogen and oxygen atoms in total. The summed E-state index contributed by atoms with van der Waals surface area (Å²) in [6.07, 6.45) is 5.91. The highest BCUT2D eigenvalue weighted by Gasteiger charge is 2.37. The molecule has 1 aliphatic heterocycles. The number of amides is 3. The van der Waals surface area contributed by atoms with Crippen molar-refractivity contribution in [3.8, 4) is 11.5 Å². The Kier molecular flexibility index (Phi) is 6.84. The van der Waals surface area contributed by atoms with Crippen LogP contribution in [-0.2, 0) is 9.59 Å². The van der Waals surface area contributed by atoms with Gasteiger partial charge >= 0.3 is 0 Å². The minimum atomic E-state index is -0.457. The monoisotopic (exact) mass is 418 g/mol. The van der Waals surface area contributed by atoms with Gasteiger partial charge in [0.25, 0.3) is 11.1 Å². The van der Waals surface area contributed by atoms with Crippen molar-refractivity contribution in [2.75, 3.05) is 20.8 Å². The summed E-state index contributed by atoms with van der Waals surface area (Å²) < 4.78 is 10.5. The molecular weight excluding hydrogens is 392 g/mol. The lowest BCUT2D eigenvalue weighted by Crippen LogP contribution is -2.46. The second-order valence-corrected chi connectivity index (χ2v) is 8.31. The van der Waals surface area contributed by atoms with Crippen molar-refractivity contribution in [3.63, 3.8) is 0 Å². The average molecular weight is 419 g/mol. The van der Waals surface area contributed by atoms with Gasteiger partial charge < -0.3 is 14.8 Å². The van der Waals surface area contributed by atoms with Crippen molar-refractivity contribution >= 4 is 34.9 Å². The topological polar surface area (TPSA) is 84.9 Å². The Morgan fingerprint density at radius 2 is 1.93 bits per heavy atom. The van der Waals surface area contributed by atoms with Crippen molar-refractivity contribution in [3.05, 3.63) is 28.7 Å². The van der Waals surface area contributed by atoms with Crippen LogP contribution in [0.15, 0.2) is 23.1 Å². The van der Waals surface area contributed by atoms with Crippen molar-refractivity contribution in [2.24, 2.45) is 5.92 Å². The number of thioether (sulfide) groups is 1. The van der Waals surface area contributed by atoms with Crippen molar-refractivity contribution < 1.29 is 23.9 Å². The van der Waals surface area contributed by atoms with Crippen LogP contribution >= 0.6 is 11.8 Å². The van der Waals surface area contributed by atoms with E-state index in [9.17, 15) is 14.4 Å². The van der Waals surface area contributed by atoms with Crippen molar-refractivity contribution in [1.82, 2.24) is 10.2 Å². The maximum Gasteiger partial charge on any atom is 0.294 e. The standard InChI is InChI=1S/C21H26N2O5S/c1-13-6-4-5-7-15(13)22-19(24)12-23-20(25)18(29-21(23)26)11-14-8-9-16(27-2)17(10-14)28-3/h8-11,13,15H,4-7,12H2,1-3H3,(H,22,24)/b18-11-/t13-,15-/m0/s1. The number of nitrogens with zero attached hydrogens (tertiary/aromatic N) is 1. The fourth-order valence-electron chi connectivity index (χ4n) is 3.66. The lowest BCUT2D eigenvalue weighted by molar-refractivity contribution is -0.130. The second-order valence-electron chi connectivity index (χ2n) is 7.32. The van der Waals surface area contributed by atoms with Gasteiger partial charge in [-0.25, -0.2) is 0 Å². The third-order valence-corrected chi connectivity index (χ3v) is 6.25. The molecule has 1 aliphatic carbocycles. The van der Waals surface area contributed by atoms with Gasteiger partial charge in [0.1, 0.15) is 6.54 Å². The molecule has 1 aromatic rings. The number of benzene rings is 1. The number of nitrogens with one attached hydrogen (secondary N) is 1. The van der Waals surface area contributed by atoms with E-state index in [4.69, 9.17) is 9.47 Å². The number of ether oxygens (including phenoxy) is 2. The largest absolute Gasteiger partial charge is 0.493 e. The second kappa shape index (κ2) is 9.35. The van der Waals surface area contributed by atoms with Crippen molar-refractivity contribution in [1.29, 1.82) is 0 Å². The average Bonchev–Trinajstić information content (AvgIpc) is 2.97. The Balaban J connectivity index is 1.67. The summed E-state index contributed by atoms with van der Waals surface area (Å²) in [5.41, 5.74) is 0.702. The molecule has 1 saturated heterocycles. The van der Waals surface area contributed by atoms with E-state index in [0.717, 1.165) is 35.9 Å². The zero-order chi connectivity index (χ0) is 21.0. The first-order chi connectivity index (χ1) is 13.9. The van der Waals surface area contributed by atoms with Crippen LogP contribution in [0.25, 0.3) is 6.08 Å². The van der Waals surface area contributed by atoms with Crippen LogP contribution in [0.4, 0.5) is 4.79 Å². The minimum absolute atomic E-state index is 0.110. The molecular formula is C21H26N2O5S. The Morgan fingerprint density at radius 3 is 2.62 bits per heavy atom. The van der Waals surface area contributed by atoms with Crippen LogP contribution in [0.5, 0.6) is 11.5 Å². The van der Waals surface area contributed by atoms with Gasteiger partial charge in [0, 0.05) is 6.04 Å². The maximum atomic E-state index is 12.7. The molecule has 2 fully saturated rings. The molecule has 2 atom stereocenters. The van der Waals surface area contributed by atoms with Crippen LogP contribution in [0, 0.1) is 5.92 Å². The first-order valence-corrected chi connectivity index (χ1v) is 10.5. The molecule has 1 aromatic carbocycles. The summed E-state index contributed by atoms with van der Waals surface area (Å²) in [5.74, 6) is 0.764. The summed E-state index contributed by atoms with van der Waals surface area (Å²) >= 11 is 0.835. The summed E-state index contributed by atoms with van der Waals surface area (Å²) in [5, 5.41) is 2.55. The van der Waals surface area contributed by atoms with Gasteiger partial charge in [-0.1, -0.05) is 25.8 Å². The normalized spacial score (nSPS) is 23.4. The first kappa shape index (κ1) is 21.2. The van der Waals surface area contributed by atoms with Gasteiger partial charge in [-0.3, -0.25) is 19.3 Å². The highest BCUT2D eigenvalue weighted by molar-refractivity contribution is 8.18. The van der Waals surface area contributed by atoms with Gasteiger partial charge in [-0.05, 0) is 54.3 Å². The van der Waals surface area contributed by atoms with E-state index in [2.05, 4.69) is 12.2 Å². The molecule has 8 heteroatoms.